The summed E-state index contributed by atoms with van der Waals surface area (Å²) in [5, 5.41) is 10.2. The number of nitrogens with zero attached hydrogens (tertiary/aromatic N) is 2. The van der Waals surface area contributed by atoms with Crippen LogP contribution in [0.25, 0.3) is 0 Å². The number of hydrogen-bond donors (Lipinski definition) is 1. The van der Waals surface area contributed by atoms with Gasteiger partial charge in [-0.15, -0.1) is 0 Å². The lowest BCUT2D eigenvalue weighted by molar-refractivity contribution is 0.338. The van der Waals surface area contributed by atoms with Crippen LogP contribution in [0.1, 0.15) is 19.8 Å². The van der Waals surface area contributed by atoms with Crippen molar-refractivity contribution in [3.05, 3.63) is 41.7 Å². The number of unbranched alkanes of at least 4 members (excludes halogenated alkanes) is 1. The number of quaternary nitrogens is 1. The minimum Gasteiger partial charge on any atom is -0.384 e. The second kappa shape index (κ2) is 5.65. The Morgan fingerprint density at radius 2 is 2.00 bits per heavy atom. The first-order valence-electron chi connectivity index (χ1n) is 6.22. The Morgan fingerprint density at radius 3 is 2.61 bits per heavy atom. The predicted molar refractivity (Wildman–Crippen MR) is 76.7 cm³/mol. The lowest BCUT2D eigenvalue weighted by Crippen LogP contribution is -2.50. The van der Waals surface area contributed by atoms with Crippen LogP contribution in [0.2, 0.25) is 5.02 Å². The molecule has 0 spiro atoms. The molecule has 96 valence electrons. The molecule has 1 atom stereocenters. The maximum atomic E-state index is 9.50. The van der Waals surface area contributed by atoms with Gasteiger partial charge < -0.3 is 5.11 Å². The summed E-state index contributed by atoms with van der Waals surface area (Å²) in [6.07, 6.45) is 5.99. The lowest BCUT2D eigenvalue weighted by atomic mass is 10.2. The van der Waals surface area contributed by atoms with E-state index in [0.717, 1.165) is 35.9 Å². The Morgan fingerprint density at radius 1 is 1.28 bits per heavy atom. The summed E-state index contributed by atoms with van der Waals surface area (Å²) < 4.78 is 0.515. The largest absolute Gasteiger partial charge is 0.384 e. The molecule has 1 aliphatic heterocycles. The molecule has 0 bridgehead atoms. The van der Waals surface area contributed by atoms with Crippen LogP contribution < -0.4 is 4.48 Å². The fraction of sp³-hybridized carbons (Fsp3) is 0.357. The van der Waals surface area contributed by atoms with Crippen LogP contribution >= 0.6 is 11.6 Å². The molecule has 3 nitrogen and oxygen atoms in total. The molecule has 0 radical (unpaired) electrons. The van der Waals surface area contributed by atoms with E-state index in [1.807, 2.05) is 30.5 Å². The molecular formula is C14H18ClN2O+. The molecule has 0 aromatic heterocycles. The molecule has 0 amide bonds. The average Bonchev–Trinajstić information content (AvgIpc) is 2.81. The summed E-state index contributed by atoms with van der Waals surface area (Å²) in [6.45, 7) is 3.04. The Hall–Kier alpha value is -1.16. The maximum absolute atomic E-state index is 9.50. The van der Waals surface area contributed by atoms with Crippen LogP contribution in [-0.4, -0.2) is 24.1 Å². The van der Waals surface area contributed by atoms with Crippen molar-refractivity contribution in [1.82, 2.24) is 4.48 Å². The normalized spacial score (nSPS) is 22.3. The van der Waals surface area contributed by atoms with E-state index in [1.54, 1.807) is 6.20 Å². The minimum atomic E-state index is -0.0284. The van der Waals surface area contributed by atoms with Crippen LogP contribution in [0.4, 0.5) is 5.69 Å². The smallest absolute Gasteiger partial charge is 0.238 e. The van der Waals surface area contributed by atoms with E-state index < -0.39 is 0 Å². The standard InChI is InChI=1S/C14H18ClN2O/c1-2-3-9-17(10-8-16-14(17)11-18)13-6-4-12(15)5-7-13/h4-8,10,18H,2-3,9,11H2,1H3/q+1. The van der Waals surface area contributed by atoms with Gasteiger partial charge in [0, 0.05) is 17.2 Å². The molecule has 1 N–H and O–H groups in total. The van der Waals surface area contributed by atoms with Crippen LogP contribution in [0.3, 0.4) is 0 Å². The summed E-state index contributed by atoms with van der Waals surface area (Å²) >= 11 is 5.93. The first-order chi connectivity index (χ1) is 8.73. The first-order valence-corrected chi connectivity index (χ1v) is 6.60. The molecule has 1 aromatic rings. The molecule has 0 saturated heterocycles. The third kappa shape index (κ3) is 2.34. The fourth-order valence-electron chi connectivity index (χ4n) is 2.27. The summed E-state index contributed by atoms with van der Waals surface area (Å²) in [5.41, 5.74) is 1.09. The van der Waals surface area contributed by atoms with E-state index in [1.165, 1.54) is 0 Å². The van der Waals surface area contributed by atoms with Crippen LogP contribution in [0.15, 0.2) is 41.7 Å². The molecular weight excluding hydrogens is 248 g/mol. The summed E-state index contributed by atoms with van der Waals surface area (Å²) in [4.78, 5) is 4.28. The number of rotatable bonds is 5. The maximum Gasteiger partial charge on any atom is 0.238 e. The zero-order chi connectivity index (χ0) is 13.0. The third-order valence-corrected chi connectivity index (χ3v) is 3.55. The monoisotopic (exact) mass is 265 g/mol. The molecule has 2 rings (SSSR count). The molecule has 0 saturated carbocycles. The van der Waals surface area contributed by atoms with Crippen molar-refractivity contribution in [1.29, 1.82) is 0 Å². The Labute approximate surface area is 113 Å². The highest BCUT2D eigenvalue weighted by atomic mass is 35.5. The quantitative estimate of drug-likeness (QED) is 0.814. The highest BCUT2D eigenvalue weighted by molar-refractivity contribution is 6.30. The Kier molecular flexibility index (Phi) is 4.17. The van der Waals surface area contributed by atoms with Gasteiger partial charge in [-0.3, -0.25) is 0 Å². The molecule has 1 aromatic carbocycles. The van der Waals surface area contributed by atoms with Gasteiger partial charge in [-0.1, -0.05) is 24.9 Å². The number of hydrogen-bond acceptors (Lipinski definition) is 2. The molecule has 1 heterocycles. The van der Waals surface area contributed by atoms with E-state index in [-0.39, 0.29) is 6.61 Å². The van der Waals surface area contributed by atoms with Gasteiger partial charge in [0.2, 0.25) is 5.84 Å². The van der Waals surface area contributed by atoms with Crippen molar-refractivity contribution in [2.24, 2.45) is 4.99 Å². The van der Waals surface area contributed by atoms with E-state index in [9.17, 15) is 5.11 Å². The Bertz CT molecular complexity index is 467. The second-order valence-electron chi connectivity index (χ2n) is 4.42. The van der Waals surface area contributed by atoms with Gasteiger partial charge in [0.25, 0.3) is 0 Å². The van der Waals surface area contributed by atoms with Crippen molar-refractivity contribution in [2.45, 2.75) is 19.8 Å². The third-order valence-electron chi connectivity index (χ3n) is 3.30. The number of amidine groups is 1. The van der Waals surface area contributed by atoms with Crippen molar-refractivity contribution in [3.8, 4) is 0 Å². The van der Waals surface area contributed by atoms with Crippen molar-refractivity contribution < 1.29 is 5.11 Å². The second-order valence-corrected chi connectivity index (χ2v) is 4.86. The number of aliphatic imine (C=N–C) groups is 1. The van der Waals surface area contributed by atoms with Crippen molar-refractivity contribution >= 4 is 23.1 Å². The van der Waals surface area contributed by atoms with Gasteiger partial charge >= 0.3 is 0 Å². The van der Waals surface area contributed by atoms with Gasteiger partial charge in [-0.2, -0.15) is 0 Å². The van der Waals surface area contributed by atoms with Crippen LogP contribution in [0, 0.1) is 0 Å². The van der Waals surface area contributed by atoms with Crippen LogP contribution in [0.5, 0.6) is 0 Å². The molecule has 0 fully saturated rings. The summed E-state index contributed by atoms with van der Waals surface area (Å²) in [6, 6.07) is 7.76. The van der Waals surface area contributed by atoms with Gasteiger partial charge in [-0.25, -0.2) is 9.48 Å². The fourth-order valence-corrected chi connectivity index (χ4v) is 2.40. The topological polar surface area (TPSA) is 32.6 Å². The minimum absolute atomic E-state index is 0.0284. The molecule has 1 aliphatic rings. The molecule has 1 unspecified atom stereocenters. The van der Waals surface area contributed by atoms with Crippen molar-refractivity contribution in [2.75, 3.05) is 13.2 Å². The zero-order valence-corrected chi connectivity index (χ0v) is 11.3. The number of aliphatic hydroxyl groups excluding tert-OH is 1. The molecule has 4 heteroatoms. The summed E-state index contributed by atoms with van der Waals surface area (Å²) in [7, 11) is 0. The Balaban J connectivity index is 2.39. The number of aliphatic hydroxyl groups is 1. The average molecular weight is 266 g/mol. The van der Waals surface area contributed by atoms with E-state index in [4.69, 9.17) is 11.6 Å². The number of halogens is 1. The highest BCUT2D eigenvalue weighted by Gasteiger charge is 2.36. The number of benzene rings is 1. The van der Waals surface area contributed by atoms with Crippen molar-refractivity contribution in [3.63, 3.8) is 0 Å². The zero-order valence-electron chi connectivity index (χ0n) is 10.5. The van der Waals surface area contributed by atoms with Gasteiger partial charge in [-0.05, 0) is 18.6 Å². The first kappa shape index (κ1) is 13.3. The van der Waals surface area contributed by atoms with E-state index in [2.05, 4.69) is 11.9 Å². The highest BCUT2D eigenvalue weighted by Crippen LogP contribution is 2.30. The molecule has 18 heavy (non-hydrogen) atoms. The molecule has 0 aliphatic carbocycles. The summed E-state index contributed by atoms with van der Waals surface area (Å²) in [5.74, 6) is 0.769. The van der Waals surface area contributed by atoms with Crippen LogP contribution in [-0.2, 0) is 0 Å². The van der Waals surface area contributed by atoms with Gasteiger partial charge in [0.05, 0.1) is 12.7 Å². The predicted octanol–water partition coefficient (Wildman–Crippen LogP) is 3.32. The SMILES string of the molecule is CCCC[N+]1(c2ccc(Cl)cc2)C=CN=C1CO. The lowest BCUT2D eigenvalue weighted by Gasteiger charge is -2.31. The van der Waals surface area contributed by atoms with Gasteiger partial charge in [0.15, 0.2) is 0 Å². The van der Waals surface area contributed by atoms with E-state index in [0.29, 0.717) is 4.48 Å². The van der Waals surface area contributed by atoms with Gasteiger partial charge in [0.1, 0.15) is 18.5 Å². The van der Waals surface area contributed by atoms with E-state index >= 15 is 0 Å².